The molecule has 2 atom stereocenters. The van der Waals surface area contributed by atoms with Gasteiger partial charge in [-0.3, -0.25) is 4.79 Å². The van der Waals surface area contributed by atoms with Gasteiger partial charge in [-0.25, -0.2) is 9.18 Å². The number of hydrogen-bond acceptors (Lipinski definition) is 6. The molecule has 31 heavy (non-hydrogen) atoms. The molecule has 2 aliphatic carbocycles. The lowest BCUT2D eigenvalue weighted by atomic mass is 9.85. The first-order valence-corrected chi connectivity index (χ1v) is 10.1. The van der Waals surface area contributed by atoms with Crippen LogP contribution in [0.25, 0.3) is 10.9 Å². The van der Waals surface area contributed by atoms with Gasteiger partial charge in [0.15, 0.2) is 17.3 Å². The number of carbonyl (C=O) groups is 1. The second-order valence-corrected chi connectivity index (χ2v) is 8.31. The highest BCUT2D eigenvalue weighted by Crippen LogP contribution is 2.46. The Bertz CT molecular complexity index is 1220. The van der Waals surface area contributed by atoms with Crippen molar-refractivity contribution in [2.24, 2.45) is 11.7 Å². The molecule has 8 nitrogen and oxygen atoms in total. The lowest BCUT2D eigenvalue weighted by Crippen LogP contribution is -2.46. The molecule has 3 aliphatic rings. The monoisotopic (exact) mass is 427 g/mol. The number of nitrogens with zero attached hydrogens (tertiary/aromatic N) is 2. The van der Waals surface area contributed by atoms with Gasteiger partial charge in [-0.15, -0.1) is 0 Å². The number of anilines is 1. The second-order valence-electron chi connectivity index (χ2n) is 8.31. The molecule has 2 fully saturated rings. The number of ether oxygens (including phenoxy) is 2. The summed E-state index contributed by atoms with van der Waals surface area (Å²) in [6.45, 7) is 0.898. The highest BCUT2D eigenvalue weighted by molar-refractivity contribution is 5.92. The quantitative estimate of drug-likeness (QED) is 0.723. The van der Waals surface area contributed by atoms with Crippen molar-refractivity contribution in [3.05, 3.63) is 52.6 Å². The molecule has 2 unspecified atom stereocenters. The van der Waals surface area contributed by atoms with Crippen molar-refractivity contribution >= 4 is 22.7 Å². The van der Waals surface area contributed by atoms with E-state index in [-0.39, 0.29) is 34.5 Å². The molecule has 1 saturated heterocycles. The molecule has 0 amide bonds. The minimum atomic E-state index is -1.60. The predicted molar refractivity (Wildman–Crippen MR) is 113 cm³/mol. The number of halogens is 1. The minimum absolute atomic E-state index is 0.0163. The van der Waals surface area contributed by atoms with E-state index in [0.717, 1.165) is 18.9 Å². The number of rotatable bonds is 4. The fraction of sp³-hybridized carbons (Fsp3) is 0.364. The van der Waals surface area contributed by atoms with Crippen molar-refractivity contribution in [3.63, 3.8) is 0 Å². The van der Waals surface area contributed by atoms with Crippen LogP contribution in [0.2, 0.25) is 0 Å². The van der Waals surface area contributed by atoms with Crippen LogP contribution in [0.1, 0.15) is 18.9 Å². The van der Waals surface area contributed by atoms with Gasteiger partial charge < -0.3 is 29.8 Å². The summed E-state index contributed by atoms with van der Waals surface area (Å²) in [7, 11) is 1.43. The zero-order valence-corrected chi connectivity index (χ0v) is 16.9. The minimum Gasteiger partial charge on any atom is -0.492 e. The summed E-state index contributed by atoms with van der Waals surface area (Å²) >= 11 is 0. The highest BCUT2D eigenvalue weighted by Gasteiger charge is 2.43. The number of benzene rings is 1. The molecule has 0 bridgehead atoms. The molecule has 0 spiro atoms. The second kappa shape index (κ2) is 6.84. The molecule has 2 aromatic rings. The molecule has 2 heterocycles. The molecular weight excluding hydrogens is 405 g/mol. The Balaban J connectivity index is 1.73. The Labute approximate surface area is 176 Å². The van der Waals surface area contributed by atoms with Crippen LogP contribution in [0.5, 0.6) is 11.5 Å². The lowest BCUT2D eigenvalue weighted by Gasteiger charge is -2.27. The fourth-order valence-corrected chi connectivity index (χ4v) is 4.65. The Hall–Kier alpha value is -3.33. The van der Waals surface area contributed by atoms with E-state index in [9.17, 15) is 9.59 Å². The molecule has 9 heteroatoms. The normalized spacial score (nSPS) is 24.5. The Morgan fingerprint density at radius 2 is 2.13 bits per heavy atom. The van der Waals surface area contributed by atoms with Gasteiger partial charge in [-0.1, -0.05) is 24.3 Å². The zero-order chi connectivity index (χ0) is 21.9. The number of carboxylic acid groups (broad SMARTS) is 1. The van der Waals surface area contributed by atoms with Crippen molar-refractivity contribution in [2.45, 2.75) is 24.4 Å². The molecule has 1 aromatic heterocycles. The maximum absolute atomic E-state index is 15.4. The first-order chi connectivity index (χ1) is 14.8. The number of allylic oxidation sites excluding steroid dienone is 2. The van der Waals surface area contributed by atoms with Gasteiger partial charge in [-0.05, 0) is 18.9 Å². The lowest BCUT2D eigenvalue weighted by molar-refractivity contribution is 0.143. The van der Waals surface area contributed by atoms with Gasteiger partial charge in [0, 0.05) is 25.0 Å². The van der Waals surface area contributed by atoms with E-state index in [2.05, 4.69) is 4.74 Å². The third-order valence-electron chi connectivity index (χ3n) is 6.26. The van der Waals surface area contributed by atoms with Crippen molar-refractivity contribution < 1.29 is 23.8 Å². The van der Waals surface area contributed by atoms with Crippen molar-refractivity contribution in [2.75, 3.05) is 25.1 Å². The molecule has 1 aliphatic heterocycles. The van der Waals surface area contributed by atoms with Gasteiger partial charge in [0.2, 0.25) is 5.43 Å². The van der Waals surface area contributed by atoms with E-state index in [1.165, 1.54) is 13.3 Å². The summed E-state index contributed by atoms with van der Waals surface area (Å²) in [6.07, 6.45) is 9.25. The summed E-state index contributed by atoms with van der Waals surface area (Å²) in [5.41, 5.74) is 5.91. The van der Waals surface area contributed by atoms with Crippen LogP contribution < -0.4 is 25.5 Å². The van der Waals surface area contributed by atoms with Crippen LogP contribution >= 0.6 is 0 Å². The van der Waals surface area contributed by atoms with E-state index in [0.29, 0.717) is 18.6 Å². The SMILES string of the molecule is COc1c(N2CC3C=CC=CC3(N)C2)c(F)cc2c(=O)c(OC(=O)O)cn(C3CC3)c12. The van der Waals surface area contributed by atoms with Gasteiger partial charge >= 0.3 is 6.16 Å². The largest absolute Gasteiger partial charge is 0.511 e. The number of pyridine rings is 1. The van der Waals surface area contributed by atoms with E-state index in [1.54, 1.807) is 4.57 Å². The van der Waals surface area contributed by atoms with Crippen molar-refractivity contribution in [3.8, 4) is 11.5 Å². The molecule has 1 saturated carbocycles. The Morgan fingerprint density at radius 3 is 2.77 bits per heavy atom. The number of fused-ring (bicyclic) bond motifs is 2. The zero-order valence-electron chi connectivity index (χ0n) is 16.9. The molecular formula is C22H22FN3O5. The van der Waals surface area contributed by atoms with E-state index in [1.807, 2.05) is 29.2 Å². The van der Waals surface area contributed by atoms with Crippen LogP contribution in [0.4, 0.5) is 14.9 Å². The van der Waals surface area contributed by atoms with Crippen LogP contribution in [0, 0.1) is 11.7 Å². The third kappa shape index (κ3) is 3.07. The predicted octanol–water partition coefficient (Wildman–Crippen LogP) is 2.80. The summed E-state index contributed by atoms with van der Waals surface area (Å²) in [4.78, 5) is 25.8. The summed E-state index contributed by atoms with van der Waals surface area (Å²) < 4.78 is 27.5. The summed E-state index contributed by atoms with van der Waals surface area (Å²) in [6, 6.07) is 1.19. The number of methoxy groups -OCH3 is 1. The number of nitrogens with two attached hydrogens (primary N) is 1. The van der Waals surface area contributed by atoms with E-state index < -0.39 is 22.9 Å². The highest BCUT2D eigenvalue weighted by atomic mass is 19.1. The van der Waals surface area contributed by atoms with Crippen molar-refractivity contribution in [1.82, 2.24) is 4.57 Å². The van der Waals surface area contributed by atoms with Crippen LogP contribution in [0.3, 0.4) is 0 Å². The van der Waals surface area contributed by atoms with Gasteiger partial charge in [0.25, 0.3) is 0 Å². The van der Waals surface area contributed by atoms with Crippen LogP contribution in [0.15, 0.2) is 41.4 Å². The van der Waals surface area contributed by atoms with Gasteiger partial charge in [-0.2, -0.15) is 0 Å². The standard InChI is InChI=1S/C22H22FN3O5/c1-30-20-17-14(19(27)16(31-21(28)29)10-26(17)13-5-6-13)8-15(23)18(20)25-9-12-4-2-3-7-22(12,24)11-25/h2-4,7-8,10,12-13H,5-6,9,11,24H2,1H3,(H,28,29). The third-order valence-corrected chi connectivity index (χ3v) is 6.26. The first kappa shape index (κ1) is 19.6. The molecule has 5 rings (SSSR count). The molecule has 162 valence electrons. The average molecular weight is 427 g/mol. The fourth-order valence-electron chi connectivity index (χ4n) is 4.65. The average Bonchev–Trinajstić information content (AvgIpc) is 3.50. The van der Waals surface area contributed by atoms with Crippen LogP contribution in [-0.4, -0.2) is 41.6 Å². The number of aromatic nitrogens is 1. The van der Waals surface area contributed by atoms with E-state index in [4.69, 9.17) is 15.6 Å². The van der Waals surface area contributed by atoms with Crippen molar-refractivity contribution in [1.29, 1.82) is 0 Å². The van der Waals surface area contributed by atoms with Gasteiger partial charge in [0.1, 0.15) is 5.69 Å². The molecule has 0 radical (unpaired) electrons. The maximum atomic E-state index is 15.4. The Kier molecular flexibility index (Phi) is 4.33. The summed E-state index contributed by atoms with van der Waals surface area (Å²) in [5.74, 6) is -0.735. The van der Waals surface area contributed by atoms with E-state index >= 15 is 4.39 Å². The topological polar surface area (TPSA) is 107 Å². The smallest absolute Gasteiger partial charge is 0.492 e. The number of hydrogen-bond donors (Lipinski definition) is 2. The van der Waals surface area contributed by atoms with Crippen LogP contribution in [-0.2, 0) is 0 Å². The first-order valence-electron chi connectivity index (χ1n) is 10.1. The molecule has 1 aromatic carbocycles. The van der Waals surface area contributed by atoms with Gasteiger partial charge in [0.05, 0.1) is 29.7 Å². The maximum Gasteiger partial charge on any atom is 0.511 e. The summed E-state index contributed by atoms with van der Waals surface area (Å²) in [5, 5.41) is 8.99. The Morgan fingerprint density at radius 1 is 1.35 bits per heavy atom. The molecule has 3 N–H and O–H groups in total.